The number of rotatable bonds is 6. The lowest BCUT2D eigenvalue weighted by atomic mass is 9.55. The summed E-state index contributed by atoms with van der Waals surface area (Å²) in [6.45, 7) is 4.63. The summed E-state index contributed by atoms with van der Waals surface area (Å²) >= 11 is 0. The molecule has 2 fully saturated rings. The lowest BCUT2D eigenvalue weighted by Crippen LogP contribution is -2.52. The fraction of sp³-hybridized carbons (Fsp3) is 0.400. The van der Waals surface area contributed by atoms with Crippen molar-refractivity contribution in [2.24, 2.45) is 0 Å². The van der Waals surface area contributed by atoms with Crippen molar-refractivity contribution >= 4 is 60.0 Å². The first-order valence-electron chi connectivity index (χ1n) is 13.0. The van der Waals surface area contributed by atoms with Gasteiger partial charge in [0.1, 0.15) is 27.5 Å². The number of nitrogens with zero attached hydrogens (tertiary/aromatic N) is 2. The molecule has 0 bridgehead atoms. The van der Waals surface area contributed by atoms with Crippen LogP contribution in [0.25, 0.3) is 0 Å². The molecule has 1 N–H and O–H groups in total. The van der Waals surface area contributed by atoms with Gasteiger partial charge in [0.25, 0.3) is 5.91 Å². The second-order valence-electron chi connectivity index (χ2n) is 10.8. The molecule has 37 heavy (non-hydrogen) atoms. The van der Waals surface area contributed by atoms with E-state index in [1.54, 1.807) is 11.0 Å². The summed E-state index contributed by atoms with van der Waals surface area (Å²) in [6.07, 6.45) is 0.564. The molecule has 2 aromatic rings. The highest BCUT2D eigenvalue weighted by Gasteiger charge is 2.40. The molecule has 1 atom stereocenters. The molecule has 0 aromatic heterocycles. The van der Waals surface area contributed by atoms with E-state index < -0.39 is 17.3 Å². The number of fused-ring (bicyclic) bond motifs is 1. The summed E-state index contributed by atoms with van der Waals surface area (Å²) in [7, 11) is 8.36. The van der Waals surface area contributed by atoms with Gasteiger partial charge >= 0.3 is 0 Å². The molecule has 3 heterocycles. The summed E-state index contributed by atoms with van der Waals surface area (Å²) in [6, 6.07) is 9.32. The maximum atomic E-state index is 13.2. The van der Waals surface area contributed by atoms with Gasteiger partial charge in [-0.1, -0.05) is 29.1 Å². The normalized spacial score (nSPS) is 20.6. The second kappa shape index (κ2) is 10.1. The van der Waals surface area contributed by atoms with Crippen molar-refractivity contribution < 1.29 is 23.9 Å². The van der Waals surface area contributed by atoms with Crippen molar-refractivity contribution in [3.05, 3.63) is 52.6 Å². The van der Waals surface area contributed by atoms with Crippen LogP contribution in [-0.2, 0) is 32.8 Å². The number of piperidine rings is 1. The van der Waals surface area contributed by atoms with E-state index in [0.717, 1.165) is 44.0 Å². The van der Waals surface area contributed by atoms with Crippen LogP contribution in [0.3, 0.4) is 0 Å². The van der Waals surface area contributed by atoms with Crippen LogP contribution in [0.5, 0.6) is 5.75 Å². The van der Waals surface area contributed by atoms with Crippen LogP contribution < -0.4 is 21.0 Å². The van der Waals surface area contributed by atoms with Crippen molar-refractivity contribution in [1.29, 1.82) is 0 Å². The van der Waals surface area contributed by atoms with Crippen LogP contribution in [0.15, 0.2) is 30.3 Å². The zero-order valence-corrected chi connectivity index (χ0v) is 22.1. The predicted octanol–water partition coefficient (Wildman–Crippen LogP) is -3.75. The Kier molecular flexibility index (Phi) is 6.98. The minimum absolute atomic E-state index is 0.201. The Balaban J connectivity index is 1.37. The summed E-state index contributed by atoms with van der Waals surface area (Å²) < 4.78 is 12.1. The molecule has 2 saturated heterocycles. The minimum Gasteiger partial charge on any atom is -0.501 e. The molecule has 3 aliphatic rings. The topological polar surface area (TPSA) is 88.2 Å². The summed E-state index contributed by atoms with van der Waals surface area (Å²) in [5, 5.41) is 1.71. The first-order chi connectivity index (χ1) is 17.6. The van der Waals surface area contributed by atoms with Crippen molar-refractivity contribution in [2.45, 2.75) is 37.4 Å². The molecule has 0 radical (unpaired) electrons. The summed E-state index contributed by atoms with van der Waals surface area (Å²) in [5.74, 6) is -0.268. The van der Waals surface area contributed by atoms with Gasteiger partial charge in [0.15, 0.2) is 15.7 Å². The Labute approximate surface area is 221 Å². The first-order valence-corrected chi connectivity index (χ1v) is 13.0. The van der Waals surface area contributed by atoms with Gasteiger partial charge < -0.3 is 14.4 Å². The van der Waals surface area contributed by atoms with E-state index in [0.29, 0.717) is 17.7 Å². The number of hydrogen-bond donors (Lipinski definition) is 1. The first kappa shape index (κ1) is 25.7. The van der Waals surface area contributed by atoms with Crippen molar-refractivity contribution in [1.82, 2.24) is 15.1 Å². The van der Waals surface area contributed by atoms with Gasteiger partial charge in [-0.05, 0) is 29.7 Å². The maximum absolute atomic E-state index is 13.2. The molecule has 8 nitrogen and oxygen atoms in total. The van der Waals surface area contributed by atoms with Gasteiger partial charge in [-0.2, -0.15) is 0 Å². The number of nitrogens with one attached hydrogen (secondary N) is 1. The fourth-order valence-corrected chi connectivity index (χ4v) is 6.09. The highest BCUT2D eigenvalue weighted by atomic mass is 16.5. The molecule has 1 unspecified atom stereocenters. The predicted molar refractivity (Wildman–Crippen MR) is 151 cm³/mol. The second-order valence-corrected chi connectivity index (χ2v) is 10.8. The maximum Gasteiger partial charge on any atom is 0.255 e. The standard InChI is InChI=1S/C25H31B4N3O5/c26-17-10-14(12-31-6-8-36-9-7-31)11-18(27)22(17)25(28,29)37-20-3-1-2-15-16(20)13-32(24(15)35)19-4-5-21(33)30-23(19)34/h1-3,10-11,19H,4-9,12-13,26-29H2,(H,30,33,34). The molecular formula is C25H31B4N3O5. The number of carbonyl (C=O) groups is 3. The van der Waals surface area contributed by atoms with Crippen molar-refractivity contribution in [2.75, 3.05) is 26.3 Å². The summed E-state index contributed by atoms with van der Waals surface area (Å²) in [4.78, 5) is 41.2. The number of hydrogen-bond acceptors (Lipinski definition) is 6. The quantitative estimate of drug-likeness (QED) is 0.327. The zero-order chi connectivity index (χ0) is 26.3. The number of amides is 3. The number of morpholine rings is 1. The minimum atomic E-state index is -0.651. The SMILES string of the molecule is Bc1cc(CN2CCOCC2)cc(B)c1C(B)(B)Oc1cccc2c1CN(C1CCC(=O)NC1=O)C2=O. The number of imide groups is 1. The molecule has 0 spiro atoms. The molecule has 3 aliphatic heterocycles. The van der Waals surface area contributed by atoms with Gasteiger partial charge in [0.2, 0.25) is 11.8 Å². The van der Waals surface area contributed by atoms with E-state index in [4.69, 9.17) is 9.47 Å². The summed E-state index contributed by atoms with van der Waals surface area (Å²) in [5.41, 5.74) is 6.07. The average molecular weight is 497 g/mol. The average Bonchev–Trinajstić information content (AvgIpc) is 3.16. The van der Waals surface area contributed by atoms with Crippen LogP contribution in [-0.4, -0.2) is 91.3 Å². The molecule has 3 amide bonds. The Bertz CT molecular complexity index is 1240. The monoisotopic (exact) mass is 497 g/mol. The van der Waals surface area contributed by atoms with E-state index in [9.17, 15) is 14.4 Å². The molecule has 0 saturated carbocycles. The van der Waals surface area contributed by atoms with E-state index in [1.807, 2.05) is 12.1 Å². The van der Waals surface area contributed by atoms with Gasteiger partial charge in [0.05, 0.1) is 25.2 Å². The largest absolute Gasteiger partial charge is 0.501 e. The third-order valence-electron chi connectivity index (χ3n) is 7.61. The smallest absolute Gasteiger partial charge is 0.255 e. The van der Waals surface area contributed by atoms with Crippen molar-refractivity contribution in [3.63, 3.8) is 0 Å². The van der Waals surface area contributed by atoms with E-state index >= 15 is 0 Å². The Morgan fingerprint density at radius 3 is 2.46 bits per heavy atom. The van der Waals surface area contributed by atoms with Crippen LogP contribution in [0, 0.1) is 0 Å². The van der Waals surface area contributed by atoms with Gasteiger partial charge in [0, 0.05) is 37.2 Å². The van der Waals surface area contributed by atoms with Crippen LogP contribution in [0.4, 0.5) is 0 Å². The molecule has 12 heteroatoms. The third-order valence-corrected chi connectivity index (χ3v) is 7.61. The number of ether oxygens (including phenoxy) is 2. The van der Waals surface area contributed by atoms with E-state index in [2.05, 4.69) is 53.7 Å². The lowest BCUT2D eigenvalue weighted by Gasteiger charge is -2.33. The molecular weight excluding hydrogens is 466 g/mol. The van der Waals surface area contributed by atoms with Gasteiger partial charge in [-0.15, -0.1) is 0 Å². The van der Waals surface area contributed by atoms with Gasteiger partial charge in [-0.3, -0.25) is 24.6 Å². The fourth-order valence-electron chi connectivity index (χ4n) is 6.09. The Hall–Kier alpha value is -2.97. The van der Waals surface area contributed by atoms with E-state index in [-0.39, 0.29) is 24.8 Å². The number of carbonyl (C=O) groups excluding carboxylic acids is 3. The molecule has 188 valence electrons. The van der Waals surface area contributed by atoms with Crippen LogP contribution in [0.1, 0.15) is 39.9 Å². The highest BCUT2D eigenvalue weighted by molar-refractivity contribution is 6.47. The Morgan fingerprint density at radius 2 is 1.78 bits per heavy atom. The number of benzene rings is 2. The highest BCUT2D eigenvalue weighted by Crippen LogP contribution is 2.35. The van der Waals surface area contributed by atoms with Crippen LogP contribution >= 0.6 is 0 Å². The zero-order valence-electron chi connectivity index (χ0n) is 22.1. The van der Waals surface area contributed by atoms with Gasteiger partial charge in [-0.25, -0.2) is 0 Å². The lowest BCUT2D eigenvalue weighted by molar-refractivity contribution is -0.136. The molecule has 2 aromatic carbocycles. The third kappa shape index (κ3) is 5.09. The molecule has 0 aliphatic carbocycles. The Morgan fingerprint density at radius 1 is 1.08 bits per heavy atom. The van der Waals surface area contributed by atoms with Crippen molar-refractivity contribution in [3.8, 4) is 5.75 Å². The van der Waals surface area contributed by atoms with E-state index in [1.165, 1.54) is 16.5 Å². The molecule has 5 rings (SSSR count). The van der Waals surface area contributed by atoms with Crippen LogP contribution in [0.2, 0.25) is 0 Å².